The molecule has 2 amide bonds. The molecule has 1 fully saturated rings. The first kappa shape index (κ1) is 27.8. The minimum absolute atomic E-state index is 0.0699. The summed E-state index contributed by atoms with van der Waals surface area (Å²) >= 11 is 7.33. The zero-order chi connectivity index (χ0) is 28.4. The number of carbonyl (C=O) groups is 3. The Kier molecular flexibility index (Phi) is 7.93. The second kappa shape index (κ2) is 11.4. The van der Waals surface area contributed by atoms with Crippen LogP contribution in [0.15, 0.2) is 54.6 Å². The van der Waals surface area contributed by atoms with Crippen LogP contribution >= 0.6 is 22.9 Å². The first-order valence-electron chi connectivity index (χ1n) is 13.1. The van der Waals surface area contributed by atoms with Crippen LogP contribution in [-0.4, -0.2) is 50.8 Å². The largest absolute Gasteiger partial charge is 0.463 e. The zero-order valence-electron chi connectivity index (χ0n) is 22.2. The highest BCUT2D eigenvalue weighted by Gasteiger charge is 2.28. The number of hydrogen-bond acceptors (Lipinski definition) is 6. The number of nitrogens with zero attached hydrogens (tertiary/aromatic N) is 3. The van der Waals surface area contributed by atoms with Crippen LogP contribution in [0.25, 0.3) is 10.2 Å². The summed E-state index contributed by atoms with van der Waals surface area (Å²) in [4.78, 5) is 41.1. The van der Waals surface area contributed by atoms with Gasteiger partial charge in [0.25, 0.3) is 11.8 Å². The van der Waals surface area contributed by atoms with Crippen molar-refractivity contribution >= 4 is 56.9 Å². The molecule has 1 aliphatic rings. The van der Waals surface area contributed by atoms with Gasteiger partial charge >= 0.3 is 6.09 Å². The number of halogens is 1. The van der Waals surface area contributed by atoms with Gasteiger partial charge in [0.2, 0.25) is 0 Å². The lowest BCUT2D eigenvalue weighted by atomic mass is 9.94. The Morgan fingerprint density at radius 1 is 1.02 bits per heavy atom. The molecule has 0 radical (unpaired) electrons. The minimum atomic E-state index is -1.32. The van der Waals surface area contributed by atoms with Gasteiger partial charge in [0.15, 0.2) is 5.82 Å². The maximum atomic E-state index is 13.2. The zero-order valence-corrected chi connectivity index (χ0v) is 23.8. The van der Waals surface area contributed by atoms with E-state index in [1.165, 1.54) is 19.3 Å². The summed E-state index contributed by atoms with van der Waals surface area (Å²) in [5, 5.41) is 20.4. The second-order valence-corrected chi connectivity index (χ2v) is 11.9. The third-order valence-electron chi connectivity index (χ3n) is 7.04. The third-order valence-corrected chi connectivity index (χ3v) is 8.48. The molecule has 3 heterocycles. The Morgan fingerprint density at radius 3 is 2.40 bits per heavy atom. The molecular formula is C29H30ClN5O4S. The van der Waals surface area contributed by atoms with E-state index >= 15 is 0 Å². The number of fused-ring (bicyclic) bond motifs is 1. The van der Waals surface area contributed by atoms with E-state index in [1.807, 2.05) is 44.2 Å². The highest BCUT2D eigenvalue weighted by Crippen LogP contribution is 2.33. The van der Waals surface area contributed by atoms with Gasteiger partial charge in [0, 0.05) is 17.1 Å². The van der Waals surface area contributed by atoms with E-state index < -0.39 is 23.4 Å². The van der Waals surface area contributed by atoms with Crippen LogP contribution in [0, 0.1) is 0 Å². The number of anilines is 1. The molecule has 3 N–H and O–H groups in total. The molecule has 0 saturated carbocycles. The number of nitrogens with one attached hydrogen (secondary N) is 2. The van der Waals surface area contributed by atoms with Gasteiger partial charge in [0.1, 0.15) is 4.83 Å². The molecular weight excluding hydrogens is 550 g/mol. The fourth-order valence-electron chi connectivity index (χ4n) is 4.94. The van der Waals surface area contributed by atoms with Crippen molar-refractivity contribution < 1.29 is 19.5 Å². The van der Waals surface area contributed by atoms with Gasteiger partial charge in [-0.25, -0.2) is 4.79 Å². The van der Waals surface area contributed by atoms with Crippen LogP contribution in [0.4, 0.5) is 10.6 Å². The van der Waals surface area contributed by atoms with Gasteiger partial charge in [-0.1, -0.05) is 48.4 Å². The maximum absolute atomic E-state index is 13.2. The van der Waals surface area contributed by atoms with Gasteiger partial charge in [-0.3, -0.25) is 14.5 Å². The predicted molar refractivity (Wildman–Crippen MR) is 157 cm³/mol. The molecule has 0 aliphatic carbocycles. The highest BCUT2D eigenvalue weighted by atomic mass is 35.5. The van der Waals surface area contributed by atoms with E-state index in [0.29, 0.717) is 16.0 Å². The normalized spacial score (nSPS) is 14.3. The number of rotatable bonds is 7. The Labute approximate surface area is 240 Å². The van der Waals surface area contributed by atoms with Gasteiger partial charge in [0.05, 0.1) is 15.8 Å². The highest BCUT2D eigenvalue weighted by molar-refractivity contribution is 7.20. The van der Waals surface area contributed by atoms with Crippen molar-refractivity contribution in [3.63, 3.8) is 0 Å². The molecule has 1 aliphatic heterocycles. The van der Waals surface area contributed by atoms with E-state index in [0.717, 1.165) is 46.8 Å². The number of likely N-dealkylation sites (tertiary alicyclic amines) is 1. The number of aromatic nitrogens is 2. The van der Waals surface area contributed by atoms with Crippen molar-refractivity contribution in [3.05, 3.63) is 81.2 Å². The van der Waals surface area contributed by atoms with Gasteiger partial charge < -0.3 is 15.7 Å². The van der Waals surface area contributed by atoms with E-state index in [2.05, 4.69) is 20.6 Å². The topological polar surface area (TPSA) is 117 Å². The van der Waals surface area contributed by atoms with Crippen LogP contribution in [0.1, 0.15) is 64.3 Å². The van der Waals surface area contributed by atoms with Crippen molar-refractivity contribution in [2.75, 3.05) is 18.4 Å². The summed E-state index contributed by atoms with van der Waals surface area (Å²) < 4.78 is 0.771. The van der Waals surface area contributed by atoms with Crippen LogP contribution < -0.4 is 10.6 Å². The van der Waals surface area contributed by atoms with Crippen LogP contribution in [0.5, 0.6) is 0 Å². The van der Waals surface area contributed by atoms with Gasteiger partial charge in [-0.15, -0.1) is 16.4 Å². The molecule has 5 rings (SSSR count). The smallest absolute Gasteiger partial charge is 0.433 e. The summed E-state index contributed by atoms with van der Waals surface area (Å²) in [5.74, 6) is -0.747. The number of benzene rings is 2. The van der Waals surface area contributed by atoms with E-state index in [1.54, 1.807) is 24.3 Å². The standard InChI is InChI=1S/C29H30ClN5O4S/c1-29(2,21-8-4-5-9-22(21)30)32-26(37)23-16-20-24(33-35(28(38)39)27(20)40-23)31-25(36)19-12-10-18(11-13-19)17-34-14-6-3-7-15-34/h4-5,8-13,16H,3,6-7,14-15,17H2,1-2H3,(H,32,37)(H,38,39)(H,31,33,36). The van der Waals surface area contributed by atoms with Crippen molar-refractivity contribution in [2.24, 2.45) is 0 Å². The number of piperidine rings is 1. The molecule has 0 atom stereocenters. The average Bonchev–Trinajstić information content (AvgIpc) is 3.50. The molecule has 9 nitrogen and oxygen atoms in total. The Morgan fingerprint density at radius 2 is 1.73 bits per heavy atom. The number of carbonyl (C=O) groups excluding carboxylic acids is 2. The van der Waals surface area contributed by atoms with Crippen LogP contribution in [0.3, 0.4) is 0 Å². The summed E-state index contributed by atoms with van der Waals surface area (Å²) in [6, 6.07) is 16.2. The lowest BCUT2D eigenvalue weighted by Crippen LogP contribution is -2.40. The fourth-order valence-corrected chi connectivity index (χ4v) is 6.31. The van der Waals surface area contributed by atoms with Gasteiger partial charge in [-0.05, 0) is 75.2 Å². The fraction of sp³-hybridized carbons (Fsp3) is 0.310. The Hall–Kier alpha value is -3.73. The van der Waals surface area contributed by atoms with Crippen LogP contribution in [0.2, 0.25) is 5.02 Å². The first-order valence-corrected chi connectivity index (χ1v) is 14.3. The number of carboxylic acid groups (broad SMARTS) is 1. The molecule has 208 valence electrons. The molecule has 4 aromatic rings. The van der Waals surface area contributed by atoms with E-state index in [-0.39, 0.29) is 15.5 Å². The van der Waals surface area contributed by atoms with E-state index in [4.69, 9.17) is 11.6 Å². The van der Waals surface area contributed by atoms with Crippen molar-refractivity contribution in [3.8, 4) is 0 Å². The molecule has 0 unspecified atom stereocenters. The molecule has 0 spiro atoms. The molecule has 40 heavy (non-hydrogen) atoms. The molecule has 0 bridgehead atoms. The summed E-state index contributed by atoms with van der Waals surface area (Å²) in [6.45, 7) is 6.69. The third kappa shape index (κ3) is 5.89. The minimum Gasteiger partial charge on any atom is -0.463 e. The van der Waals surface area contributed by atoms with Crippen molar-refractivity contribution in [2.45, 2.75) is 45.2 Å². The lowest BCUT2D eigenvalue weighted by molar-refractivity contribution is 0.0915. The first-order chi connectivity index (χ1) is 19.1. The predicted octanol–water partition coefficient (Wildman–Crippen LogP) is 6.18. The molecule has 2 aromatic heterocycles. The van der Waals surface area contributed by atoms with Gasteiger partial charge in [-0.2, -0.15) is 4.68 Å². The lowest BCUT2D eigenvalue weighted by Gasteiger charge is -2.27. The van der Waals surface area contributed by atoms with Crippen molar-refractivity contribution in [1.82, 2.24) is 20.0 Å². The Balaban J connectivity index is 1.35. The molecule has 2 aromatic carbocycles. The van der Waals surface area contributed by atoms with E-state index in [9.17, 15) is 19.5 Å². The van der Waals surface area contributed by atoms with Crippen molar-refractivity contribution in [1.29, 1.82) is 0 Å². The average molecular weight is 580 g/mol. The summed E-state index contributed by atoms with van der Waals surface area (Å²) in [6.07, 6.45) is 2.38. The summed E-state index contributed by atoms with van der Waals surface area (Å²) in [5.41, 5.74) is 1.51. The molecule has 11 heteroatoms. The maximum Gasteiger partial charge on any atom is 0.433 e. The summed E-state index contributed by atoms with van der Waals surface area (Å²) in [7, 11) is 0. The Bertz CT molecular complexity index is 1570. The van der Waals surface area contributed by atoms with Crippen LogP contribution in [-0.2, 0) is 12.1 Å². The number of amides is 2. The monoisotopic (exact) mass is 579 g/mol. The molecule has 1 saturated heterocycles. The quantitative estimate of drug-likeness (QED) is 0.241. The SMILES string of the molecule is CC(C)(NC(=O)c1cc2c(NC(=O)c3ccc(CN4CCCCC4)cc3)nn(C(=O)O)c2s1)c1ccccc1Cl. The number of thiophene rings is 1. The number of hydrogen-bond donors (Lipinski definition) is 3. The second-order valence-electron chi connectivity index (χ2n) is 10.4.